The Bertz CT molecular complexity index is 1620. The van der Waals surface area contributed by atoms with Crippen LogP contribution in [0, 0.1) is 23.7 Å². The largest absolute Gasteiger partial charge is 0.396 e. The molecule has 6 aliphatic heterocycles. The van der Waals surface area contributed by atoms with Crippen molar-refractivity contribution in [2.24, 2.45) is 23.7 Å². The van der Waals surface area contributed by atoms with E-state index >= 15 is 0 Å². The molecule has 5 fully saturated rings. The van der Waals surface area contributed by atoms with Crippen molar-refractivity contribution in [1.82, 2.24) is 9.80 Å². The molecular weight excluding hydrogens is 544 g/mol. The van der Waals surface area contributed by atoms with E-state index in [9.17, 15) is 10.2 Å². The summed E-state index contributed by atoms with van der Waals surface area (Å²) in [6.07, 6.45) is 9.49. The fraction of sp³-hybridized carbons (Fsp3) is 0.579. The molecule has 6 heterocycles. The number of hydrogen-bond acceptors (Lipinski definition) is 6. The number of anilines is 2. The molecule has 2 spiro atoms. The Hall–Kier alpha value is -2.80. The van der Waals surface area contributed by atoms with Crippen molar-refractivity contribution in [3.05, 3.63) is 82.6 Å². The maximum atomic E-state index is 11.0. The molecule has 4 bridgehead atoms. The highest BCUT2D eigenvalue weighted by atomic mass is 16.3. The van der Waals surface area contributed by atoms with Gasteiger partial charge in [-0.2, -0.15) is 0 Å². The molecule has 2 aliphatic carbocycles. The fourth-order valence-electron chi connectivity index (χ4n) is 12.7. The number of para-hydroxylation sites is 1. The monoisotopic (exact) mass is 590 g/mol. The van der Waals surface area contributed by atoms with Gasteiger partial charge in [0.2, 0.25) is 0 Å². The molecule has 44 heavy (non-hydrogen) atoms. The molecule has 2 saturated carbocycles. The van der Waals surface area contributed by atoms with Gasteiger partial charge in [0.15, 0.2) is 0 Å². The highest BCUT2D eigenvalue weighted by Gasteiger charge is 2.66. The molecule has 230 valence electrons. The van der Waals surface area contributed by atoms with Gasteiger partial charge in [-0.1, -0.05) is 48.9 Å². The first-order chi connectivity index (χ1) is 21.5. The quantitative estimate of drug-likeness (QED) is 0.383. The molecule has 0 amide bonds. The first-order valence-electron chi connectivity index (χ1n) is 17.4. The Kier molecular flexibility index (Phi) is 5.36. The van der Waals surface area contributed by atoms with E-state index < -0.39 is 0 Å². The third-order valence-corrected chi connectivity index (χ3v) is 14.6. The second-order valence-electron chi connectivity index (χ2n) is 15.5. The minimum atomic E-state index is 0.0762. The average molecular weight is 591 g/mol. The van der Waals surface area contributed by atoms with Crippen LogP contribution < -0.4 is 10.6 Å². The van der Waals surface area contributed by atoms with Crippen LogP contribution in [0.5, 0.6) is 0 Å². The Labute approximate surface area is 261 Å². The summed E-state index contributed by atoms with van der Waals surface area (Å²) in [6.45, 7) is 8.38. The number of nitrogens with one attached hydrogen (secondary N) is 2. The van der Waals surface area contributed by atoms with Gasteiger partial charge in [0.05, 0.1) is 0 Å². The highest BCUT2D eigenvalue weighted by molar-refractivity contribution is 5.67. The maximum absolute atomic E-state index is 11.0. The van der Waals surface area contributed by atoms with Gasteiger partial charge in [0.25, 0.3) is 0 Å². The first kappa shape index (κ1) is 26.4. The average Bonchev–Trinajstić information content (AvgIpc) is 3.82. The molecule has 4 N–H and O–H groups in total. The Morgan fingerprint density at radius 2 is 1.59 bits per heavy atom. The predicted molar refractivity (Wildman–Crippen MR) is 174 cm³/mol. The van der Waals surface area contributed by atoms with Crippen molar-refractivity contribution >= 4 is 11.4 Å². The lowest BCUT2D eigenvalue weighted by atomic mass is 9.55. The van der Waals surface area contributed by atoms with E-state index in [-0.39, 0.29) is 53.9 Å². The van der Waals surface area contributed by atoms with Gasteiger partial charge in [-0.25, -0.2) is 0 Å². The molecule has 2 aromatic rings. The summed E-state index contributed by atoms with van der Waals surface area (Å²) in [7, 11) is 0. The molecular formula is C38H46N4O2. The van der Waals surface area contributed by atoms with Crippen LogP contribution in [0.15, 0.2) is 65.9 Å². The normalized spacial score (nSPS) is 43.5. The third kappa shape index (κ3) is 2.95. The summed E-state index contributed by atoms with van der Waals surface area (Å²) in [4.78, 5) is 5.43. The van der Waals surface area contributed by atoms with Crippen LogP contribution in [0.3, 0.4) is 0 Å². The van der Waals surface area contributed by atoms with Crippen LogP contribution in [0.1, 0.15) is 62.1 Å². The third-order valence-electron chi connectivity index (χ3n) is 14.6. The van der Waals surface area contributed by atoms with Gasteiger partial charge >= 0.3 is 0 Å². The molecule has 8 aliphatic rings. The van der Waals surface area contributed by atoms with Crippen molar-refractivity contribution in [3.8, 4) is 0 Å². The van der Waals surface area contributed by atoms with E-state index in [0.717, 1.165) is 32.5 Å². The van der Waals surface area contributed by atoms with Crippen LogP contribution in [-0.2, 0) is 10.8 Å². The number of fused-ring (bicyclic) bond motifs is 4. The fourth-order valence-corrected chi connectivity index (χ4v) is 12.7. The highest BCUT2D eigenvalue weighted by Crippen LogP contribution is 2.64. The zero-order valence-corrected chi connectivity index (χ0v) is 26.0. The summed E-state index contributed by atoms with van der Waals surface area (Å²) in [5, 5.41) is 29.7. The smallest absolute Gasteiger partial charge is 0.0484 e. The molecule has 0 radical (unpaired) electrons. The Balaban J connectivity index is 1.03. The number of benzene rings is 2. The van der Waals surface area contributed by atoms with Crippen molar-refractivity contribution in [2.75, 3.05) is 43.5 Å². The molecule has 0 aromatic heterocycles. The summed E-state index contributed by atoms with van der Waals surface area (Å²) in [5.41, 5.74) is 10.2. The first-order valence-corrected chi connectivity index (χ1v) is 17.4. The van der Waals surface area contributed by atoms with Gasteiger partial charge in [-0.15, -0.1) is 0 Å². The van der Waals surface area contributed by atoms with Crippen molar-refractivity contribution in [1.29, 1.82) is 0 Å². The molecule has 6 nitrogen and oxygen atoms in total. The van der Waals surface area contributed by atoms with Crippen molar-refractivity contribution in [3.63, 3.8) is 0 Å². The van der Waals surface area contributed by atoms with Crippen LogP contribution in [0.25, 0.3) is 0 Å². The van der Waals surface area contributed by atoms with E-state index in [4.69, 9.17) is 0 Å². The lowest BCUT2D eigenvalue weighted by molar-refractivity contribution is 0.0298. The minimum absolute atomic E-state index is 0.0762. The molecule has 6 heteroatoms. The SMILES string of the molecule is CC=C1CN2CC[C@]34c5cc([C@@H](C)C6=CN7CC[C@]89c%10ccccc%10N[C@H]8[C@@H](CO)[C@H]6C[C@H]79)ccc5N[C@H]3[C@H](CO)[C@H]1C[C@H]24. The number of hydrogen-bond donors (Lipinski definition) is 4. The standard InChI is InChI=1S/C38H46N4O2/c1-3-22-17-41-12-11-38-30-14-23(8-9-32(30)40-35(38)27(19-43)24(22)15-33(38)41)21(2)26-18-42-13-10-37-29-6-4-5-7-31(29)39-36(37)28(20-44)25(26)16-34(37)42/h3-9,14,18,21,24-25,27-28,33-36,39-40,43-44H,10-13,15-17,19-20H2,1-2H3/t21-,24+,25+,27-,28+,33+,34+,35+,36+,37-,38-/m1/s1. The van der Waals surface area contributed by atoms with Crippen LogP contribution in [-0.4, -0.2) is 77.0 Å². The summed E-state index contributed by atoms with van der Waals surface area (Å²) < 4.78 is 0. The van der Waals surface area contributed by atoms with Crippen LogP contribution in [0.4, 0.5) is 11.4 Å². The maximum Gasteiger partial charge on any atom is 0.0484 e. The number of aliphatic hydroxyl groups excluding tert-OH is 2. The van der Waals surface area contributed by atoms with Gasteiger partial charge in [0, 0.05) is 90.4 Å². The van der Waals surface area contributed by atoms with Gasteiger partial charge in [-0.3, -0.25) is 4.90 Å². The number of nitrogens with zero attached hydrogens (tertiary/aromatic N) is 2. The molecule has 11 atom stereocenters. The number of allylic oxidation sites excluding steroid dienone is 2. The molecule has 2 aromatic carbocycles. The molecule has 10 rings (SSSR count). The zero-order valence-electron chi connectivity index (χ0n) is 26.0. The van der Waals surface area contributed by atoms with E-state index in [2.05, 4.69) is 89.0 Å². The van der Waals surface area contributed by atoms with Crippen LogP contribution >= 0.6 is 0 Å². The number of piperidine rings is 1. The van der Waals surface area contributed by atoms with Gasteiger partial charge in [0.1, 0.15) is 0 Å². The second kappa shape index (κ2) is 8.92. The zero-order chi connectivity index (χ0) is 29.5. The topological polar surface area (TPSA) is 71.0 Å². The summed E-state index contributed by atoms with van der Waals surface area (Å²) >= 11 is 0. The van der Waals surface area contributed by atoms with Gasteiger partial charge in [-0.05, 0) is 91.6 Å². The number of rotatable bonds is 4. The van der Waals surface area contributed by atoms with E-state index in [1.807, 2.05) is 0 Å². The molecule has 0 unspecified atom stereocenters. The lowest BCUT2D eigenvalue weighted by Crippen LogP contribution is -2.62. The van der Waals surface area contributed by atoms with Gasteiger partial charge < -0.3 is 25.7 Å². The van der Waals surface area contributed by atoms with Crippen molar-refractivity contribution in [2.45, 2.75) is 80.4 Å². The Morgan fingerprint density at radius 1 is 0.886 bits per heavy atom. The predicted octanol–water partition coefficient (Wildman–Crippen LogP) is 4.82. The second-order valence-corrected chi connectivity index (χ2v) is 15.5. The van der Waals surface area contributed by atoms with E-state index in [0.29, 0.717) is 23.9 Å². The van der Waals surface area contributed by atoms with E-state index in [1.165, 1.54) is 52.1 Å². The van der Waals surface area contributed by atoms with E-state index in [1.54, 1.807) is 0 Å². The summed E-state index contributed by atoms with van der Waals surface area (Å²) in [5.74, 6) is 1.61. The van der Waals surface area contributed by atoms with Crippen LogP contribution in [0.2, 0.25) is 0 Å². The Morgan fingerprint density at radius 3 is 2.39 bits per heavy atom. The molecule has 3 saturated heterocycles. The minimum Gasteiger partial charge on any atom is -0.396 e. The number of aliphatic hydroxyl groups is 2. The van der Waals surface area contributed by atoms with Crippen molar-refractivity contribution < 1.29 is 10.2 Å². The lowest BCUT2D eigenvalue weighted by Gasteiger charge is -2.55. The summed E-state index contributed by atoms with van der Waals surface area (Å²) in [6, 6.07) is 17.9.